The van der Waals surface area contributed by atoms with Crippen molar-refractivity contribution >= 4 is 29.9 Å². The molecule has 0 spiro atoms. The molecule has 7 rings (SSSR count). The molecule has 1 N–H and O–H groups in total. The van der Waals surface area contributed by atoms with Crippen LogP contribution in [0.5, 0.6) is 0 Å². The molecule has 0 aliphatic carbocycles. The van der Waals surface area contributed by atoms with E-state index >= 15 is 0 Å². The first-order valence-corrected chi connectivity index (χ1v) is 19.1. The van der Waals surface area contributed by atoms with Crippen LogP contribution in [-0.2, 0) is 31.8 Å². The van der Waals surface area contributed by atoms with E-state index in [0.717, 1.165) is 49.2 Å². The van der Waals surface area contributed by atoms with Gasteiger partial charge in [0, 0.05) is 25.7 Å². The predicted octanol–water partition coefficient (Wildman–Crippen LogP) is 6.04. The molecule has 0 aromatic heterocycles. The molecule has 0 saturated carbocycles. The van der Waals surface area contributed by atoms with Crippen molar-refractivity contribution in [3.8, 4) is 0 Å². The zero-order valence-corrected chi connectivity index (χ0v) is 30.6. The lowest BCUT2D eigenvalue weighted by Crippen LogP contribution is -2.74. The summed E-state index contributed by atoms with van der Waals surface area (Å²) in [7, 11) is 0. The van der Waals surface area contributed by atoms with E-state index in [0.29, 0.717) is 19.1 Å². The number of carbonyl (C=O) groups excluding carboxylic acids is 4. The van der Waals surface area contributed by atoms with Gasteiger partial charge in [-0.1, -0.05) is 91.4 Å². The van der Waals surface area contributed by atoms with Gasteiger partial charge in [0.05, 0.1) is 24.1 Å². The molecule has 4 fully saturated rings. The monoisotopic (exact) mass is 757 g/mol. The predicted molar refractivity (Wildman–Crippen MR) is 199 cm³/mol. The maximum Gasteiger partial charge on any atom is 0.416 e. The van der Waals surface area contributed by atoms with E-state index in [-0.39, 0.29) is 31.0 Å². The van der Waals surface area contributed by atoms with Gasteiger partial charge in [-0.15, -0.1) is 0 Å². The number of nitrogens with one attached hydrogen (secondary N) is 1. The van der Waals surface area contributed by atoms with Crippen molar-refractivity contribution in [2.75, 3.05) is 32.8 Å². The van der Waals surface area contributed by atoms with Crippen LogP contribution in [0, 0.1) is 0 Å². The van der Waals surface area contributed by atoms with Gasteiger partial charge < -0.3 is 24.8 Å². The molecule has 10 nitrogen and oxygen atoms in total. The first-order valence-electron chi connectivity index (χ1n) is 19.1. The molecule has 0 unspecified atom stereocenters. The lowest BCUT2D eigenvalue weighted by Gasteiger charge is -2.52. The van der Waals surface area contributed by atoms with Gasteiger partial charge in [-0.2, -0.15) is 13.2 Å². The number of piperidine rings is 2. The van der Waals surface area contributed by atoms with Crippen LogP contribution >= 0.6 is 0 Å². The molecule has 4 heterocycles. The zero-order valence-electron chi connectivity index (χ0n) is 30.6. The number of rotatable bonds is 11. The summed E-state index contributed by atoms with van der Waals surface area (Å²) < 4.78 is 46.0. The van der Waals surface area contributed by atoms with Crippen LogP contribution in [0.4, 0.5) is 18.0 Å². The molecule has 0 bridgehead atoms. The summed E-state index contributed by atoms with van der Waals surface area (Å²) in [6.45, 7) is 2.93. The second-order valence-corrected chi connectivity index (χ2v) is 14.7. The highest BCUT2D eigenvalue weighted by Crippen LogP contribution is 2.39. The number of nitrogens with zero attached hydrogens (tertiary/aromatic N) is 4. The van der Waals surface area contributed by atoms with E-state index < -0.39 is 53.8 Å². The Morgan fingerprint density at radius 2 is 1.56 bits per heavy atom. The van der Waals surface area contributed by atoms with E-state index in [1.54, 1.807) is 17.1 Å². The fraction of sp³-hybridized carbons (Fsp3) is 0.429. The summed E-state index contributed by atoms with van der Waals surface area (Å²) in [5.41, 5.74) is 0.967. The highest BCUT2D eigenvalue weighted by atomic mass is 19.4. The summed E-state index contributed by atoms with van der Waals surface area (Å²) in [4.78, 5) is 63.1. The fourth-order valence-electron chi connectivity index (χ4n) is 8.34. The first-order chi connectivity index (χ1) is 26.6. The largest absolute Gasteiger partial charge is 0.447 e. The van der Waals surface area contributed by atoms with Crippen LogP contribution in [0.25, 0.3) is 6.08 Å². The molecule has 4 atom stereocenters. The van der Waals surface area contributed by atoms with Crippen LogP contribution in [0.15, 0.2) is 91.0 Å². The summed E-state index contributed by atoms with van der Waals surface area (Å²) in [6, 6.07) is 19.9. The Balaban J connectivity index is 1.16. The Morgan fingerprint density at radius 1 is 0.873 bits per heavy atom. The zero-order chi connectivity index (χ0) is 38.5. The van der Waals surface area contributed by atoms with Crippen molar-refractivity contribution in [3.05, 3.63) is 113 Å². The standard InChI is InChI=1S/C42H46F3N5O5/c43-42(44,45)32-16-10-13-30(25-32)27-46-39(52)35(26-37(51)48-23-19-33(20-24-48)47-21-8-3-9-22-47)49-34(18-17-29-11-4-1-5-12-29)38(40(49)53)50-36(28-55-41(50)54)31-14-6-2-7-15-31/h1-2,4-7,10-18,25,33-36,38H,3,8-9,19-24,26-28H2,(H,46,52)/t34-,35+,36+,38+/m1/s1. The Labute approximate surface area is 318 Å². The number of carbonyl (C=O) groups is 4. The third-order valence-electron chi connectivity index (χ3n) is 11.3. The number of ether oxygens (including phenoxy) is 1. The Bertz CT molecular complexity index is 1860. The smallest absolute Gasteiger partial charge is 0.416 e. The molecule has 4 aliphatic rings. The van der Waals surface area contributed by atoms with Crippen LogP contribution in [0.1, 0.15) is 66.8 Å². The maximum atomic E-state index is 14.5. The molecule has 13 heteroatoms. The van der Waals surface area contributed by atoms with Crippen molar-refractivity contribution in [1.29, 1.82) is 0 Å². The van der Waals surface area contributed by atoms with Crippen molar-refractivity contribution in [2.24, 2.45) is 0 Å². The molecule has 3 aromatic rings. The number of likely N-dealkylation sites (tertiary alicyclic amines) is 3. The van der Waals surface area contributed by atoms with Crippen molar-refractivity contribution in [1.82, 2.24) is 24.9 Å². The minimum atomic E-state index is -4.57. The minimum Gasteiger partial charge on any atom is -0.447 e. The average Bonchev–Trinajstić information content (AvgIpc) is 3.58. The lowest BCUT2D eigenvalue weighted by atomic mass is 9.87. The average molecular weight is 758 g/mol. The van der Waals surface area contributed by atoms with Gasteiger partial charge in [-0.3, -0.25) is 19.3 Å². The second-order valence-electron chi connectivity index (χ2n) is 14.7. The van der Waals surface area contributed by atoms with Gasteiger partial charge in [-0.05, 0) is 67.6 Å². The third kappa shape index (κ3) is 8.56. The SMILES string of the molecule is O=C(NCc1cccc(C(F)(F)F)c1)[C@H](CC(=O)N1CCC(N2CCCCC2)CC1)N1C(=O)[C@@H](N2C(=O)OC[C@H]2c2ccccc2)[C@H]1C=Cc1ccccc1. The van der Waals surface area contributed by atoms with Crippen molar-refractivity contribution in [3.63, 3.8) is 0 Å². The molecule has 4 saturated heterocycles. The molecule has 4 aliphatic heterocycles. The van der Waals surface area contributed by atoms with E-state index in [4.69, 9.17) is 4.74 Å². The second kappa shape index (κ2) is 16.7. The van der Waals surface area contributed by atoms with E-state index in [9.17, 15) is 32.3 Å². The van der Waals surface area contributed by atoms with Gasteiger partial charge >= 0.3 is 12.3 Å². The quantitative estimate of drug-likeness (QED) is 0.240. The lowest BCUT2D eigenvalue weighted by molar-refractivity contribution is -0.164. The maximum absolute atomic E-state index is 14.5. The van der Waals surface area contributed by atoms with E-state index in [1.165, 1.54) is 41.2 Å². The summed E-state index contributed by atoms with van der Waals surface area (Å²) >= 11 is 0. The number of benzene rings is 3. The Morgan fingerprint density at radius 3 is 2.25 bits per heavy atom. The summed E-state index contributed by atoms with van der Waals surface area (Å²) in [5, 5.41) is 2.72. The molecule has 55 heavy (non-hydrogen) atoms. The Kier molecular flexibility index (Phi) is 11.6. The summed E-state index contributed by atoms with van der Waals surface area (Å²) in [5.74, 6) is -1.50. The molecular weight excluding hydrogens is 711 g/mol. The number of cyclic esters (lactones) is 1. The van der Waals surface area contributed by atoms with Crippen molar-refractivity contribution < 1.29 is 37.1 Å². The first kappa shape index (κ1) is 38.1. The normalized spacial score (nSPS) is 23.1. The van der Waals surface area contributed by atoms with Gasteiger partial charge in [0.25, 0.3) is 0 Å². The number of hydrogen-bond donors (Lipinski definition) is 1. The molecule has 3 aromatic carbocycles. The van der Waals surface area contributed by atoms with Crippen LogP contribution in [-0.4, -0.2) is 100 Å². The third-order valence-corrected chi connectivity index (χ3v) is 11.3. The van der Waals surface area contributed by atoms with Gasteiger partial charge in [0.15, 0.2) is 0 Å². The van der Waals surface area contributed by atoms with E-state index in [1.807, 2.05) is 60.7 Å². The van der Waals surface area contributed by atoms with E-state index in [2.05, 4.69) is 10.2 Å². The molecule has 4 amide bonds. The Hall–Kier alpha value is -5.17. The highest BCUT2D eigenvalue weighted by molar-refractivity contribution is 5.99. The van der Waals surface area contributed by atoms with Gasteiger partial charge in [-0.25, -0.2) is 4.79 Å². The van der Waals surface area contributed by atoms with Crippen LogP contribution in [0.3, 0.4) is 0 Å². The number of hydrogen-bond acceptors (Lipinski definition) is 6. The number of amides is 4. The number of alkyl halides is 3. The minimum absolute atomic E-state index is 0.0362. The number of halogens is 3. The topological polar surface area (TPSA) is 103 Å². The fourth-order valence-corrected chi connectivity index (χ4v) is 8.34. The van der Waals surface area contributed by atoms with Crippen LogP contribution in [0.2, 0.25) is 0 Å². The van der Waals surface area contributed by atoms with Crippen molar-refractivity contribution in [2.45, 2.75) is 81.5 Å². The van der Waals surface area contributed by atoms with Crippen LogP contribution < -0.4 is 5.32 Å². The highest BCUT2D eigenvalue weighted by Gasteiger charge is 2.58. The van der Waals surface area contributed by atoms with Gasteiger partial charge in [0.1, 0.15) is 18.7 Å². The number of β-lactam (4-membered cyclic amide) rings is 1. The molecule has 290 valence electrons. The summed E-state index contributed by atoms with van der Waals surface area (Å²) in [6.07, 6.45) is 3.19. The molecular formula is C42H46F3N5O5. The van der Waals surface area contributed by atoms with Gasteiger partial charge in [0.2, 0.25) is 17.7 Å². The molecule has 0 radical (unpaired) electrons.